The quantitative estimate of drug-likeness (QED) is 0.525. The summed E-state index contributed by atoms with van der Waals surface area (Å²) in [5.74, 6) is -1.05. The third kappa shape index (κ3) is 5.67. The molecule has 0 aliphatic rings. The van der Waals surface area contributed by atoms with E-state index in [4.69, 9.17) is 16.3 Å². The van der Waals surface area contributed by atoms with Crippen molar-refractivity contribution in [1.82, 2.24) is 5.32 Å². The summed E-state index contributed by atoms with van der Waals surface area (Å²) < 4.78 is 5.05. The molecule has 5 nitrogen and oxygen atoms in total. The summed E-state index contributed by atoms with van der Waals surface area (Å²) in [7, 11) is 0. The van der Waals surface area contributed by atoms with Crippen molar-refractivity contribution in [2.24, 2.45) is 0 Å². The van der Waals surface area contributed by atoms with E-state index in [1.807, 2.05) is 12.1 Å². The van der Waals surface area contributed by atoms with Gasteiger partial charge in [0.15, 0.2) is 12.4 Å². The zero-order valence-electron chi connectivity index (χ0n) is 16.2. The van der Waals surface area contributed by atoms with Crippen molar-refractivity contribution in [2.45, 2.75) is 39.2 Å². The highest BCUT2D eigenvalue weighted by atomic mass is 35.5. The standard InChI is InChI=1S/C22H24ClNO4/c1-4-14(2)16-9-11-17(12-10-16)20(25)13-28-22(27)15(3)24-21(26)18-7-5-6-8-19(18)23/h5-12,14-15H,4,13H2,1-3H3,(H,24,26)/t14-,15-/m0/s1. The average molecular weight is 402 g/mol. The molecule has 0 aromatic heterocycles. The van der Waals surface area contributed by atoms with Gasteiger partial charge in [-0.3, -0.25) is 9.59 Å². The van der Waals surface area contributed by atoms with Gasteiger partial charge < -0.3 is 10.1 Å². The summed E-state index contributed by atoms with van der Waals surface area (Å²) in [4.78, 5) is 36.5. The van der Waals surface area contributed by atoms with Crippen LogP contribution in [0.3, 0.4) is 0 Å². The largest absolute Gasteiger partial charge is 0.456 e. The fourth-order valence-corrected chi connectivity index (χ4v) is 2.78. The second-order valence-electron chi connectivity index (χ2n) is 6.64. The molecule has 0 bridgehead atoms. The van der Waals surface area contributed by atoms with Crippen LogP contribution in [0.1, 0.15) is 59.4 Å². The molecule has 2 atom stereocenters. The molecule has 6 heteroatoms. The SMILES string of the molecule is CC[C@H](C)c1ccc(C(=O)COC(=O)[C@H](C)NC(=O)c2ccccc2Cl)cc1. The Morgan fingerprint density at radius 1 is 1.04 bits per heavy atom. The van der Waals surface area contributed by atoms with Crippen molar-refractivity contribution >= 4 is 29.3 Å². The summed E-state index contributed by atoms with van der Waals surface area (Å²) >= 11 is 5.97. The Morgan fingerprint density at radius 3 is 2.29 bits per heavy atom. The Kier molecular flexibility index (Phi) is 7.76. The van der Waals surface area contributed by atoms with Crippen molar-refractivity contribution in [2.75, 3.05) is 6.61 Å². The number of Topliss-reactive ketones (excluding diaryl/α,β-unsaturated/α-hetero) is 1. The topological polar surface area (TPSA) is 72.5 Å². The molecule has 0 aliphatic heterocycles. The van der Waals surface area contributed by atoms with E-state index in [-0.39, 0.29) is 23.0 Å². The van der Waals surface area contributed by atoms with Crippen LogP contribution < -0.4 is 5.32 Å². The molecule has 1 amide bonds. The number of esters is 1. The molecular formula is C22H24ClNO4. The minimum Gasteiger partial charge on any atom is -0.456 e. The third-order valence-corrected chi connectivity index (χ3v) is 4.91. The molecule has 0 heterocycles. The number of hydrogen-bond acceptors (Lipinski definition) is 4. The van der Waals surface area contributed by atoms with Gasteiger partial charge in [0.1, 0.15) is 6.04 Å². The van der Waals surface area contributed by atoms with Gasteiger partial charge in [-0.05, 0) is 37.0 Å². The molecule has 148 valence electrons. The third-order valence-electron chi connectivity index (χ3n) is 4.58. The first kappa shape index (κ1) is 21.6. The van der Waals surface area contributed by atoms with Crippen LogP contribution in [0.25, 0.3) is 0 Å². The number of ether oxygens (including phenoxy) is 1. The number of nitrogens with one attached hydrogen (secondary N) is 1. The predicted octanol–water partition coefficient (Wildman–Crippen LogP) is 4.40. The minimum absolute atomic E-state index is 0.265. The Labute approximate surface area is 170 Å². The van der Waals surface area contributed by atoms with Crippen LogP contribution >= 0.6 is 11.6 Å². The second-order valence-corrected chi connectivity index (χ2v) is 7.04. The first-order valence-corrected chi connectivity index (χ1v) is 9.56. The van der Waals surface area contributed by atoms with Gasteiger partial charge in [0.25, 0.3) is 5.91 Å². The number of benzene rings is 2. The average Bonchev–Trinajstić information content (AvgIpc) is 2.71. The summed E-state index contributed by atoms with van der Waals surface area (Å²) in [6, 6.07) is 12.9. The van der Waals surface area contributed by atoms with Crippen LogP contribution in [-0.2, 0) is 9.53 Å². The number of hydrogen-bond donors (Lipinski definition) is 1. The minimum atomic E-state index is -0.913. The molecule has 0 aliphatic carbocycles. The van der Waals surface area contributed by atoms with E-state index >= 15 is 0 Å². The molecule has 28 heavy (non-hydrogen) atoms. The molecule has 2 aromatic carbocycles. The van der Waals surface area contributed by atoms with E-state index in [0.29, 0.717) is 11.5 Å². The first-order chi connectivity index (χ1) is 13.3. The highest BCUT2D eigenvalue weighted by Crippen LogP contribution is 2.19. The van der Waals surface area contributed by atoms with E-state index in [1.165, 1.54) is 6.92 Å². The number of halogens is 1. The van der Waals surface area contributed by atoms with E-state index in [1.54, 1.807) is 36.4 Å². The highest BCUT2D eigenvalue weighted by Gasteiger charge is 2.20. The van der Waals surface area contributed by atoms with Crippen LogP contribution in [0.15, 0.2) is 48.5 Å². The van der Waals surface area contributed by atoms with Gasteiger partial charge >= 0.3 is 5.97 Å². The van der Waals surface area contributed by atoms with Crippen LogP contribution in [0.2, 0.25) is 5.02 Å². The van der Waals surface area contributed by atoms with Gasteiger partial charge in [0.05, 0.1) is 10.6 Å². The maximum Gasteiger partial charge on any atom is 0.328 e. The monoisotopic (exact) mass is 401 g/mol. The van der Waals surface area contributed by atoms with E-state index in [0.717, 1.165) is 12.0 Å². The summed E-state index contributed by atoms with van der Waals surface area (Å²) in [5.41, 5.74) is 1.90. The number of carbonyl (C=O) groups is 3. The maximum absolute atomic E-state index is 12.2. The number of amides is 1. The maximum atomic E-state index is 12.2. The second kappa shape index (κ2) is 10.0. The lowest BCUT2D eigenvalue weighted by Gasteiger charge is -2.14. The van der Waals surface area contributed by atoms with Gasteiger partial charge in [-0.15, -0.1) is 0 Å². The molecular weight excluding hydrogens is 378 g/mol. The summed E-state index contributed by atoms with van der Waals surface area (Å²) in [6.45, 7) is 5.34. The molecule has 0 fully saturated rings. The number of rotatable bonds is 8. The fraction of sp³-hybridized carbons (Fsp3) is 0.318. The number of carbonyl (C=O) groups excluding carboxylic acids is 3. The lowest BCUT2D eigenvalue weighted by molar-refractivity contribution is -0.144. The van der Waals surface area contributed by atoms with Gasteiger partial charge in [0.2, 0.25) is 0 Å². The molecule has 2 aromatic rings. The van der Waals surface area contributed by atoms with Crippen molar-refractivity contribution in [3.63, 3.8) is 0 Å². The van der Waals surface area contributed by atoms with Gasteiger partial charge in [-0.2, -0.15) is 0 Å². The van der Waals surface area contributed by atoms with Crippen molar-refractivity contribution in [1.29, 1.82) is 0 Å². The molecule has 0 unspecified atom stereocenters. The summed E-state index contributed by atoms with van der Waals surface area (Å²) in [6.07, 6.45) is 1.02. The fourth-order valence-electron chi connectivity index (χ4n) is 2.56. The lowest BCUT2D eigenvalue weighted by atomic mass is 9.97. The lowest BCUT2D eigenvalue weighted by Crippen LogP contribution is -2.40. The molecule has 2 rings (SSSR count). The van der Waals surface area contributed by atoms with E-state index in [2.05, 4.69) is 19.2 Å². The van der Waals surface area contributed by atoms with Crippen LogP contribution in [-0.4, -0.2) is 30.3 Å². The Hall–Kier alpha value is -2.66. The van der Waals surface area contributed by atoms with Gasteiger partial charge in [-0.1, -0.05) is 61.8 Å². The smallest absolute Gasteiger partial charge is 0.328 e. The van der Waals surface area contributed by atoms with Crippen molar-refractivity contribution in [3.05, 3.63) is 70.2 Å². The van der Waals surface area contributed by atoms with Gasteiger partial charge in [0, 0.05) is 5.56 Å². The normalized spacial score (nSPS) is 12.7. The van der Waals surface area contributed by atoms with Gasteiger partial charge in [-0.25, -0.2) is 4.79 Å². The zero-order valence-corrected chi connectivity index (χ0v) is 17.0. The van der Waals surface area contributed by atoms with Crippen molar-refractivity contribution < 1.29 is 19.1 Å². The van der Waals surface area contributed by atoms with E-state index < -0.39 is 17.9 Å². The molecule has 1 N–H and O–H groups in total. The molecule has 0 saturated heterocycles. The molecule has 0 spiro atoms. The Bertz CT molecular complexity index is 848. The van der Waals surface area contributed by atoms with Crippen LogP contribution in [0, 0.1) is 0 Å². The Balaban J connectivity index is 1.87. The predicted molar refractivity (Wildman–Crippen MR) is 109 cm³/mol. The van der Waals surface area contributed by atoms with Crippen LogP contribution in [0.4, 0.5) is 0 Å². The van der Waals surface area contributed by atoms with Crippen LogP contribution in [0.5, 0.6) is 0 Å². The summed E-state index contributed by atoms with van der Waals surface area (Å²) in [5, 5.41) is 2.81. The van der Waals surface area contributed by atoms with Crippen molar-refractivity contribution in [3.8, 4) is 0 Å². The molecule has 0 saturated carbocycles. The zero-order chi connectivity index (χ0) is 20.7. The highest BCUT2D eigenvalue weighted by molar-refractivity contribution is 6.33. The van der Waals surface area contributed by atoms with E-state index in [9.17, 15) is 14.4 Å². The molecule has 0 radical (unpaired) electrons. The Morgan fingerprint density at radius 2 is 1.68 bits per heavy atom. The first-order valence-electron chi connectivity index (χ1n) is 9.18. The number of ketones is 1.